The summed E-state index contributed by atoms with van der Waals surface area (Å²) in [5, 5.41) is 34.5. The smallest absolute Gasteiger partial charge is 0.389 e. The third-order valence-electron chi connectivity index (χ3n) is 3.98. The van der Waals surface area contributed by atoms with Gasteiger partial charge in [-0.1, -0.05) is 6.92 Å². The summed E-state index contributed by atoms with van der Waals surface area (Å²) in [7, 11) is 0. The van der Waals surface area contributed by atoms with Crippen LogP contribution in [0.5, 0.6) is 0 Å². The van der Waals surface area contributed by atoms with E-state index in [1.54, 1.807) is 6.92 Å². The Morgan fingerprint density at radius 2 is 2.00 bits per heavy atom. The van der Waals surface area contributed by atoms with E-state index in [0.717, 1.165) is 0 Å². The molecular weight excluding hydrogens is 305 g/mol. The van der Waals surface area contributed by atoms with Crippen LogP contribution in [0, 0.1) is 0 Å². The number of rotatable bonds is 7. The van der Waals surface area contributed by atoms with Crippen LogP contribution in [-0.2, 0) is 4.79 Å². The molecule has 5 N–H and O–H groups in total. The first kappa shape index (κ1) is 19.1. The molecule has 1 heterocycles. The SMILES string of the molecule is CCC(=O)NC[C@@]1(CCCC(F)(F)F)N[C@H](CO)[C@@H](O)[C@@H]1O. The monoisotopic (exact) mass is 328 g/mol. The zero-order valence-corrected chi connectivity index (χ0v) is 12.4. The molecule has 0 aromatic carbocycles. The van der Waals surface area contributed by atoms with Crippen molar-refractivity contribution in [2.45, 2.75) is 62.6 Å². The fourth-order valence-corrected chi connectivity index (χ4v) is 2.69. The highest BCUT2D eigenvalue weighted by atomic mass is 19.4. The topological polar surface area (TPSA) is 102 Å². The van der Waals surface area contributed by atoms with Gasteiger partial charge in [0.2, 0.25) is 5.91 Å². The van der Waals surface area contributed by atoms with Gasteiger partial charge in [0.15, 0.2) is 0 Å². The van der Waals surface area contributed by atoms with Gasteiger partial charge in [0.1, 0.15) is 6.10 Å². The Hall–Kier alpha value is -0.900. The van der Waals surface area contributed by atoms with E-state index in [-0.39, 0.29) is 31.7 Å². The summed E-state index contributed by atoms with van der Waals surface area (Å²) in [6.45, 7) is 1.03. The normalized spacial score (nSPS) is 32.2. The molecule has 0 unspecified atom stereocenters. The average Bonchev–Trinajstić information content (AvgIpc) is 2.68. The van der Waals surface area contributed by atoms with Crippen LogP contribution in [0.25, 0.3) is 0 Å². The lowest BCUT2D eigenvalue weighted by atomic mass is 9.87. The van der Waals surface area contributed by atoms with Gasteiger partial charge in [0.25, 0.3) is 0 Å². The standard InChI is InChI=1S/C13H23F3N2O4/c1-2-9(20)17-7-12(4-3-5-13(14,15)16)11(22)10(21)8(6-19)18-12/h8,10-11,18-19,21-22H,2-7H2,1H3,(H,17,20)/t8-,10-,11+,12-/m1/s1. The summed E-state index contributed by atoms with van der Waals surface area (Å²) in [4.78, 5) is 11.4. The summed E-state index contributed by atoms with van der Waals surface area (Å²) >= 11 is 0. The highest BCUT2D eigenvalue weighted by molar-refractivity contribution is 5.75. The number of hydrogen-bond donors (Lipinski definition) is 5. The van der Waals surface area contributed by atoms with Gasteiger partial charge >= 0.3 is 6.18 Å². The van der Waals surface area contributed by atoms with Gasteiger partial charge in [0.05, 0.1) is 24.3 Å². The van der Waals surface area contributed by atoms with Gasteiger partial charge in [0, 0.05) is 19.4 Å². The molecule has 1 amide bonds. The molecule has 4 atom stereocenters. The first-order valence-electron chi connectivity index (χ1n) is 7.23. The van der Waals surface area contributed by atoms with Crippen LogP contribution in [-0.4, -0.2) is 64.3 Å². The van der Waals surface area contributed by atoms with Gasteiger partial charge in [-0.2, -0.15) is 13.2 Å². The van der Waals surface area contributed by atoms with Crippen molar-refractivity contribution in [2.75, 3.05) is 13.2 Å². The zero-order valence-electron chi connectivity index (χ0n) is 12.4. The number of halogens is 3. The second-order valence-corrected chi connectivity index (χ2v) is 5.62. The number of aliphatic hydroxyl groups excluding tert-OH is 3. The quantitative estimate of drug-likeness (QED) is 0.440. The van der Waals surface area contributed by atoms with E-state index in [1.165, 1.54) is 0 Å². The molecule has 1 rings (SSSR count). The fraction of sp³-hybridized carbons (Fsp3) is 0.923. The van der Waals surface area contributed by atoms with Crippen LogP contribution in [0.1, 0.15) is 32.6 Å². The van der Waals surface area contributed by atoms with Gasteiger partial charge in [-0.3, -0.25) is 10.1 Å². The molecule has 0 saturated carbocycles. The number of carbonyl (C=O) groups is 1. The predicted octanol–water partition coefficient (Wildman–Crippen LogP) is -0.330. The summed E-state index contributed by atoms with van der Waals surface area (Å²) in [6, 6.07) is -0.848. The van der Waals surface area contributed by atoms with Crippen molar-refractivity contribution in [2.24, 2.45) is 0 Å². The molecule has 9 heteroatoms. The second-order valence-electron chi connectivity index (χ2n) is 5.62. The van der Waals surface area contributed by atoms with Gasteiger partial charge < -0.3 is 20.6 Å². The van der Waals surface area contributed by atoms with Gasteiger partial charge in [-0.05, 0) is 12.8 Å². The maximum Gasteiger partial charge on any atom is 0.389 e. The molecule has 6 nitrogen and oxygen atoms in total. The van der Waals surface area contributed by atoms with E-state index in [9.17, 15) is 28.2 Å². The summed E-state index contributed by atoms with van der Waals surface area (Å²) in [6.07, 6.45) is -8.19. The van der Waals surface area contributed by atoms with Crippen molar-refractivity contribution in [3.05, 3.63) is 0 Å². The molecule has 22 heavy (non-hydrogen) atoms. The molecule has 0 aromatic rings. The number of hydrogen-bond acceptors (Lipinski definition) is 5. The number of alkyl halides is 3. The molecule has 0 aliphatic carbocycles. The molecule has 0 radical (unpaired) electrons. The number of carbonyl (C=O) groups excluding carboxylic acids is 1. The molecular formula is C13H23F3N2O4. The molecule has 0 bridgehead atoms. The lowest BCUT2D eigenvalue weighted by Gasteiger charge is -2.34. The largest absolute Gasteiger partial charge is 0.395 e. The Kier molecular flexibility index (Phi) is 6.60. The predicted molar refractivity (Wildman–Crippen MR) is 72.0 cm³/mol. The molecule has 1 saturated heterocycles. The third-order valence-corrected chi connectivity index (χ3v) is 3.98. The molecule has 1 aliphatic heterocycles. The van der Waals surface area contributed by atoms with Crippen LogP contribution >= 0.6 is 0 Å². The van der Waals surface area contributed by atoms with Crippen LogP contribution in [0.3, 0.4) is 0 Å². The molecule has 1 aliphatic rings. The van der Waals surface area contributed by atoms with Crippen LogP contribution in [0.2, 0.25) is 0 Å². The minimum absolute atomic E-state index is 0.0920. The Morgan fingerprint density at radius 3 is 2.45 bits per heavy atom. The Morgan fingerprint density at radius 1 is 1.36 bits per heavy atom. The summed E-state index contributed by atoms with van der Waals surface area (Å²) in [5.74, 6) is -0.314. The van der Waals surface area contributed by atoms with E-state index in [4.69, 9.17) is 5.11 Å². The first-order valence-corrected chi connectivity index (χ1v) is 7.23. The van der Waals surface area contributed by atoms with Crippen molar-refractivity contribution in [1.82, 2.24) is 10.6 Å². The lowest BCUT2D eigenvalue weighted by Crippen LogP contribution is -2.57. The number of aliphatic hydroxyl groups is 3. The average molecular weight is 328 g/mol. The van der Waals surface area contributed by atoms with Gasteiger partial charge in [-0.25, -0.2) is 0 Å². The second kappa shape index (κ2) is 7.58. The minimum atomic E-state index is -4.31. The summed E-state index contributed by atoms with van der Waals surface area (Å²) in [5.41, 5.74) is -1.29. The lowest BCUT2D eigenvalue weighted by molar-refractivity contribution is -0.137. The maximum absolute atomic E-state index is 12.3. The maximum atomic E-state index is 12.3. The van der Waals surface area contributed by atoms with Gasteiger partial charge in [-0.15, -0.1) is 0 Å². The van der Waals surface area contributed by atoms with Crippen molar-refractivity contribution in [3.63, 3.8) is 0 Å². The zero-order chi connectivity index (χ0) is 17.0. The van der Waals surface area contributed by atoms with Crippen molar-refractivity contribution in [3.8, 4) is 0 Å². The van der Waals surface area contributed by atoms with E-state index < -0.39 is 43.0 Å². The van der Waals surface area contributed by atoms with E-state index in [1.807, 2.05) is 0 Å². The van der Waals surface area contributed by atoms with E-state index >= 15 is 0 Å². The molecule has 0 spiro atoms. The van der Waals surface area contributed by atoms with Crippen LogP contribution in [0.4, 0.5) is 13.2 Å². The van der Waals surface area contributed by atoms with E-state index in [2.05, 4.69) is 10.6 Å². The number of nitrogens with one attached hydrogen (secondary N) is 2. The van der Waals surface area contributed by atoms with Crippen molar-refractivity contribution < 1.29 is 33.3 Å². The van der Waals surface area contributed by atoms with Crippen molar-refractivity contribution >= 4 is 5.91 Å². The van der Waals surface area contributed by atoms with Crippen molar-refractivity contribution in [1.29, 1.82) is 0 Å². The van der Waals surface area contributed by atoms with E-state index in [0.29, 0.717) is 0 Å². The number of amides is 1. The summed E-state index contributed by atoms with van der Waals surface area (Å²) < 4.78 is 36.9. The fourth-order valence-electron chi connectivity index (χ4n) is 2.69. The highest BCUT2D eigenvalue weighted by Crippen LogP contribution is 2.31. The molecule has 130 valence electrons. The first-order chi connectivity index (χ1) is 10.1. The molecule has 1 fully saturated rings. The highest BCUT2D eigenvalue weighted by Gasteiger charge is 2.51. The van der Waals surface area contributed by atoms with Crippen LogP contribution < -0.4 is 10.6 Å². The Labute approximate surface area is 126 Å². The molecule has 0 aromatic heterocycles. The third kappa shape index (κ3) is 4.80. The Bertz CT molecular complexity index is 381. The minimum Gasteiger partial charge on any atom is -0.395 e. The Balaban J connectivity index is 2.79. The van der Waals surface area contributed by atoms with Crippen LogP contribution in [0.15, 0.2) is 0 Å².